The normalized spacial score (nSPS) is 10.5. The van der Waals surface area contributed by atoms with Crippen molar-refractivity contribution in [1.82, 2.24) is 4.98 Å². The highest BCUT2D eigenvalue weighted by Crippen LogP contribution is 2.27. The lowest BCUT2D eigenvalue weighted by Gasteiger charge is -2.09. The second-order valence-corrected chi connectivity index (χ2v) is 6.91. The van der Waals surface area contributed by atoms with E-state index in [9.17, 15) is 14.4 Å². The number of halogens is 1. The molecular weight excluding hydrogens is 349 g/mol. The minimum Gasteiger partial charge on any atom is -0.325 e. The molecule has 0 atom stereocenters. The number of hydrogen-bond acceptors (Lipinski definition) is 4. The largest absolute Gasteiger partial charge is 0.325 e. The average molecular weight is 365 g/mol. The Balaban J connectivity index is 1.79. The van der Waals surface area contributed by atoms with Crippen LogP contribution in [0, 0.1) is 31.0 Å². The van der Waals surface area contributed by atoms with E-state index in [1.165, 1.54) is 30.0 Å². The summed E-state index contributed by atoms with van der Waals surface area (Å²) in [5.74, 6) is -0.620. The van der Waals surface area contributed by atoms with Crippen LogP contribution < -0.4 is 5.32 Å². The quantitative estimate of drug-likeness (QED) is 0.687. The Morgan fingerprint density at radius 1 is 1.27 bits per heavy atom. The molecule has 4 nitrogen and oxygen atoms in total. The lowest BCUT2D eigenvalue weighted by atomic mass is 10.1. The second kappa shape index (κ2) is 7.54. The Kier molecular flexibility index (Phi) is 5.19. The summed E-state index contributed by atoms with van der Waals surface area (Å²) >= 11 is 1.19. The van der Waals surface area contributed by atoms with Crippen LogP contribution in [0.4, 0.5) is 10.1 Å². The first-order valence-electron chi connectivity index (χ1n) is 7.96. The van der Waals surface area contributed by atoms with Crippen LogP contribution in [0.5, 0.6) is 0 Å². The third-order valence-corrected chi connectivity index (χ3v) is 4.81. The molecule has 0 aliphatic carbocycles. The number of thioether (sulfide) groups is 1. The van der Waals surface area contributed by atoms with Crippen LogP contribution in [-0.2, 0) is 4.79 Å². The molecule has 0 unspecified atom stereocenters. The fourth-order valence-corrected chi connectivity index (χ4v) is 3.46. The van der Waals surface area contributed by atoms with Crippen molar-refractivity contribution in [2.45, 2.75) is 18.9 Å². The Morgan fingerprint density at radius 2 is 2.08 bits per heavy atom. The molecule has 6 heteroatoms. The Morgan fingerprint density at radius 3 is 2.81 bits per heavy atom. The van der Waals surface area contributed by atoms with Gasteiger partial charge in [-0.15, -0.1) is 0 Å². The van der Waals surface area contributed by atoms with Gasteiger partial charge in [-0.3, -0.25) is 4.79 Å². The lowest BCUT2D eigenvalue weighted by molar-refractivity contribution is -0.113. The molecule has 0 spiro atoms. The van der Waals surface area contributed by atoms with E-state index in [4.69, 9.17) is 0 Å². The molecule has 0 saturated carbocycles. The molecule has 0 aliphatic rings. The van der Waals surface area contributed by atoms with Crippen LogP contribution >= 0.6 is 11.8 Å². The number of nitrogens with one attached hydrogen (secondary N) is 1. The van der Waals surface area contributed by atoms with Gasteiger partial charge in [0.05, 0.1) is 16.8 Å². The van der Waals surface area contributed by atoms with Gasteiger partial charge in [0.25, 0.3) is 0 Å². The number of nitrogens with zero attached hydrogens (tertiary/aromatic N) is 2. The SMILES string of the molecule is Cc1cc(C)c2cc(C#N)c(SCC(=O)Nc3cccc(F)c3)nc2c1. The molecule has 0 radical (unpaired) electrons. The van der Waals surface area contributed by atoms with E-state index in [2.05, 4.69) is 16.4 Å². The zero-order chi connectivity index (χ0) is 18.7. The highest BCUT2D eigenvalue weighted by atomic mass is 32.2. The predicted molar refractivity (Wildman–Crippen MR) is 102 cm³/mol. The number of pyridine rings is 1. The van der Waals surface area contributed by atoms with Gasteiger partial charge < -0.3 is 5.32 Å². The van der Waals surface area contributed by atoms with Gasteiger partial charge in [0, 0.05) is 11.1 Å². The number of carbonyl (C=O) groups is 1. The Labute approximate surface area is 155 Å². The molecule has 0 bridgehead atoms. The van der Waals surface area contributed by atoms with Crippen LogP contribution in [-0.4, -0.2) is 16.6 Å². The molecule has 26 heavy (non-hydrogen) atoms. The predicted octanol–water partition coefficient (Wildman–Crippen LogP) is 4.59. The number of hydrogen-bond donors (Lipinski definition) is 1. The maximum atomic E-state index is 13.2. The smallest absolute Gasteiger partial charge is 0.234 e. The van der Waals surface area contributed by atoms with Crippen LogP contribution in [0.25, 0.3) is 10.9 Å². The Hall–Kier alpha value is -2.91. The summed E-state index contributed by atoms with van der Waals surface area (Å²) in [7, 11) is 0. The number of fused-ring (bicyclic) bond motifs is 1. The van der Waals surface area contributed by atoms with E-state index in [0.717, 1.165) is 22.0 Å². The van der Waals surface area contributed by atoms with Gasteiger partial charge in [-0.1, -0.05) is 23.9 Å². The van der Waals surface area contributed by atoms with E-state index < -0.39 is 5.82 Å². The fraction of sp³-hybridized carbons (Fsp3) is 0.150. The number of carbonyl (C=O) groups excluding carboxylic acids is 1. The maximum Gasteiger partial charge on any atom is 0.234 e. The summed E-state index contributed by atoms with van der Waals surface area (Å²) in [5.41, 5.74) is 3.78. The minimum atomic E-state index is -0.413. The monoisotopic (exact) mass is 365 g/mol. The van der Waals surface area contributed by atoms with Crippen LogP contribution in [0.3, 0.4) is 0 Å². The lowest BCUT2D eigenvalue weighted by Crippen LogP contribution is -2.14. The molecule has 1 N–H and O–H groups in total. The molecule has 1 aromatic heterocycles. The molecule has 1 heterocycles. The third-order valence-electron chi connectivity index (χ3n) is 3.82. The summed E-state index contributed by atoms with van der Waals surface area (Å²) in [6.45, 7) is 3.98. The van der Waals surface area contributed by atoms with E-state index >= 15 is 0 Å². The van der Waals surface area contributed by atoms with Gasteiger partial charge >= 0.3 is 0 Å². The Bertz CT molecular complexity index is 1040. The van der Waals surface area contributed by atoms with Crippen molar-refractivity contribution >= 4 is 34.3 Å². The maximum absolute atomic E-state index is 13.2. The fourth-order valence-electron chi connectivity index (χ4n) is 2.70. The van der Waals surface area contributed by atoms with Gasteiger partial charge in [-0.25, -0.2) is 9.37 Å². The van der Waals surface area contributed by atoms with Crippen LogP contribution in [0.1, 0.15) is 16.7 Å². The summed E-state index contributed by atoms with van der Waals surface area (Å²) in [5, 5.41) is 13.5. The first-order valence-corrected chi connectivity index (χ1v) is 8.95. The van der Waals surface area contributed by atoms with Crippen molar-refractivity contribution in [2.75, 3.05) is 11.1 Å². The highest BCUT2D eigenvalue weighted by molar-refractivity contribution is 8.00. The van der Waals surface area contributed by atoms with Gasteiger partial charge in [0.2, 0.25) is 5.91 Å². The number of amides is 1. The van der Waals surface area contributed by atoms with Gasteiger partial charge in [0.1, 0.15) is 16.9 Å². The number of aromatic nitrogens is 1. The molecule has 0 saturated heterocycles. The van der Waals surface area contributed by atoms with Gasteiger partial charge in [-0.05, 0) is 55.3 Å². The number of rotatable bonds is 4. The topological polar surface area (TPSA) is 65.8 Å². The summed E-state index contributed by atoms with van der Waals surface area (Å²) in [6.07, 6.45) is 0. The van der Waals surface area contributed by atoms with Crippen molar-refractivity contribution in [3.05, 3.63) is 65.0 Å². The van der Waals surface area contributed by atoms with Crippen molar-refractivity contribution in [1.29, 1.82) is 5.26 Å². The number of anilines is 1. The number of nitriles is 1. The van der Waals surface area contributed by atoms with Gasteiger partial charge in [-0.2, -0.15) is 5.26 Å². The van der Waals surface area contributed by atoms with Crippen LogP contribution in [0.2, 0.25) is 0 Å². The van der Waals surface area contributed by atoms with Crippen molar-refractivity contribution < 1.29 is 9.18 Å². The molecule has 1 amide bonds. The average Bonchev–Trinajstić information content (AvgIpc) is 2.59. The van der Waals surface area contributed by atoms with E-state index in [1.54, 1.807) is 6.07 Å². The first-order chi connectivity index (χ1) is 12.5. The standard InChI is InChI=1S/C20H16FN3OS/c1-12-6-13(2)17-8-14(10-22)20(24-18(17)7-12)26-11-19(25)23-16-5-3-4-15(21)9-16/h3-9H,11H2,1-2H3,(H,23,25). The van der Waals surface area contributed by atoms with Crippen molar-refractivity contribution in [2.24, 2.45) is 0 Å². The molecule has 3 aromatic rings. The molecular formula is C20H16FN3OS. The van der Waals surface area contributed by atoms with Crippen molar-refractivity contribution in [3.63, 3.8) is 0 Å². The summed E-state index contributed by atoms with van der Waals surface area (Å²) in [4.78, 5) is 16.7. The molecule has 2 aromatic carbocycles. The molecule has 0 aliphatic heterocycles. The molecule has 0 fully saturated rings. The molecule has 3 rings (SSSR count). The first kappa shape index (κ1) is 17.9. The van der Waals surface area contributed by atoms with Crippen molar-refractivity contribution in [3.8, 4) is 6.07 Å². The van der Waals surface area contributed by atoms with E-state index in [0.29, 0.717) is 16.3 Å². The zero-order valence-electron chi connectivity index (χ0n) is 14.3. The summed E-state index contributed by atoms with van der Waals surface area (Å²) < 4.78 is 13.2. The van der Waals surface area contributed by atoms with E-state index in [1.807, 2.05) is 32.0 Å². The zero-order valence-corrected chi connectivity index (χ0v) is 15.2. The van der Waals surface area contributed by atoms with Crippen LogP contribution in [0.15, 0.2) is 47.5 Å². The summed E-state index contributed by atoms with van der Waals surface area (Å²) in [6, 6.07) is 13.7. The van der Waals surface area contributed by atoms with E-state index in [-0.39, 0.29) is 11.7 Å². The number of benzene rings is 2. The highest BCUT2D eigenvalue weighted by Gasteiger charge is 2.12. The molecule has 130 valence electrons. The third kappa shape index (κ3) is 4.01. The number of aryl methyl sites for hydroxylation is 2. The second-order valence-electron chi connectivity index (χ2n) is 5.95. The van der Waals surface area contributed by atoms with Gasteiger partial charge in [0.15, 0.2) is 0 Å². The minimum absolute atomic E-state index is 0.0779.